The highest BCUT2D eigenvalue weighted by Crippen LogP contribution is 2.26. The van der Waals surface area contributed by atoms with Gasteiger partial charge >= 0.3 is 0 Å². The first-order valence-corrected chi connectivity index (χ1v) is 5.97. The Bertz CT molecular complexity index is 436. The minimum absolute atomic E-state index is 0.00147. The molecular weight excluding hydrogens is 242 g/mol. The molecule has 1 aliphatic heterocycles. The van der Waals surface area contributed by atoms with Gasteiger partial charge in [-0.3, -0.25) is 4.79 Å². The number of nitrogens with zero attached hydrogens (tertiary/aromatic N) is 1. The van der Waals surface area contributed by atoms with Crippen LogP contribution >= 0.6 is 11.6 Å². The Kier molecular flexibility index (Phi) is 3.43. The molecule has 5 heteroatoms. The summed E-state index contributed by atoms with van der Waals surface area (Å²) in [6.07, 6.45) is 1.82. The van der Waals surface area contributed by atoms with E-state index in [4.69, 9.17) is 11.6 Å². The number of rotatable bonds is 1. The third-order valence-electron chi connectivity index (χ3n) is 2.87. The molecule has 0 aromatic heterocycles. The van der Waals surface area contributed by atoms with E-state index in [9.17, 15) is 15.0 Å². The summed E-state index contributed by atoms with van der Waals surface area (Å²) in [5.41, 5.74) is 0.367. The summed E-state index contributed by atoms with van der Waals surface area (Å²) in [6, 6.07) is 4.08. The van der Waals surface area contributed by atoms with Gasteiger partial charge in [-0.25, -0.2) is 0 Å². The van der Waals surface area contributed by atoms with E-state index >= 15 is 0 Å². The fourth-order valence-electron chi connectivity index (χ4n) is 1.95. The lowest BCUT2D eigenvalue weighted by molar-refractivity contribution is 0.0726. The van der Waals surface area contributed by atoms with Crippen molar-refractivity contribution in [2.24, 2.45) is 0 Å². The summed E-state index contributed by atoms with van der Waals surface area (Å²) < 4.78 is 0. The molecule has 1 aromatic carbocycles. The van der Waals surface area contributed by atoms with Crippen molar-refractivity contribution in [1.29, 1.82) is 0 Å². The maximum Gasteiger partial charge on any atom is 0.254 e. The zero-order valence-electron chi connectivity index (χ0n) is 9.27. The van der Waals surface area contributed by atoms with E-state index in [1.165, 1.54) is 18.2 Å². The minimum atomic E-state index is -0.282. The van der Waals surface area contributed by atoms with Gasteiger partial charge in [-0.2, -0.15) is 0 Å². The number of benzene rings is 1. The number of amides is 1. The molecule has 17 heavy (non-hydrogen) atoms. The van der Waals surface area contributed by atoms with Crippen molar-refractivity contribution in [3.63, 3.8) is 0 Å². The molecule has 1 amide bonds. The molecule has 1 fully saturated rings. The van der Waals surface area contributed by atoms with Crippen molar-refractivity contribution in [3.05, 3.63) is 23.8 Å². The van der Waals surface area contributed by atoms with E-state index in [2.05, 4.69) is 0 Å². The molecule has 4 nitrogen and oxygen atoms in total. The number of phenolic OH excluding ortho intramolecular Hbond substituents is 2. The van der Waals surface area contributed by atoms with Crippen LogP contribution in [-0.4, -0.2) is 39.5 Å². The first kappa shape index (κ1) is 12.0. The van der Waals surface area contributed by atoms with Crippen molar-refractivity contribution >= 4 is 17.5 Å². The second kappa shape index (κ2) is 4.84. The first-order chi connectivity index (χ1) is 8.08. The number of piperidine rings is 1. The van der Waals surface area contributed by atoms with E-state index in [1.54, 1.807) is 4.90 Å². The normalized spacial score (nSPS) is 20.3. The molecule has 92 valence electrons. The fraction of sp³-hybridized carbons (Fsp3) is 0.417. The number of likely N-dealkylation sites (tertiary alicyclic amines) is 1. The molecule has 0 spiro atoms. The highest BCUT2D eigenvalue weighted by atomic mass is 35.5. The number of hydrogen-bond acceptors (Lipinski definition) is 3. The summed E-state index contributed by atoms with van der Waals surface area (Å²) in [6.45, 7) is 1.21. The Hall–Kier alpha value is -1.42. The average molecular weight is 256 g/mol. The molecule has 1 unspecified atom stereocenters. The van der Waals surface area contributed by atoms with Crippen LogP contribution in [0.4, 0.5) is 0 Å². The maximum absolute atomic E-state index is 12.1. The highest BCUT2D eigenvalue weighted by Gasteiger charge is 2.23. The van der Waals surface area contributed by atoms with Crippen LogP contribution in [0.5, 0.6) is 11.5 Å². The monoisotopic (exact) mass is 255 g/mol. The highest BCUT2D eigenvalue weighted by molar-refractivity contribution is 6.21. The van der Waals surface area contributed by atoms with Crippen LogP contribution in [0, 0.1) is 0 Å². The minimum Gasteiger partial charge on any atom is -0.504 e. The van der Waals surface area contributed by atoms with E-state index in [0.29, 0.717) is 18.7 Å². The van der Waals surface area contributed by atoms with Crippen molar-refractivity contribution in [3.8, 4) is 11.5 Å². The Balaban J connectivity index is 2.15. The summed E-state index contributed by atoms with van der Waals surface area (Å²) in [5, 5.41) is 18.5. The zero-order chi connectivity index (χ0) is 12.4. The number of carbonyl (C=O) groups is 1. The second-order valence-electron chi connectivity index (χ2n) is 4.19. The predicted molar refractivity (Wildman–Crippen MR) is 64.6 cm³/mol. The van der Waals surface area contributed by atoms with Crippen LogP contribution < -0.4 is 0 Å². The molecule has 1 heterocycles. The van der Waals surface area contributed by atoms with E-state index in [1.807, 2.05) is 0 Å². The lowest BCUT2D eigenvalue weighted by Crippen LogP contribution is -2.40. The molecule has 0 saturated carbocycles. The average Bonchev–Trinajstić information content (AvgIpc) is 2.32. The predicted octanol–water partition coefficient (Wildman–Crippen LogP) is 1.94. The topological polar surface area (TPSA) is 60.8 Å². The van der Waals surface area contributed by atoms with Crippen LogP contribution in [0.15, 0.2) is 18.2 Å². The number of phenols is 2. The van der Waals surface area contributed by atoms with Crippen LogP contribution in [-0.2, 0) is 0 Å². The summed E-state index contributed by atoms with van der Waals surface area (Å²) in [5.74, 6) is -0.670. The zero-order valence-corrected chi connectivity index (χ0v) is 10.0. The van der Waals surface area contributed by atoms with Crippen molar-refractivity contribution in [2.75, 3.05) is 13.1 Å². The molecule has 1 aromatic rings. The molecule has 1 aliphatic rings. The second-order valence-corrected chi connectivity index (χ2v) is 4.81. The largest absolute Gasteiger partial charge is 0.504 e. The molecule has 1 atom stereocenters. The Labute approximate surface area is 104 Å². The summed E-state index contributed by atoms with van der Waals surface area (Å²) in [4.78, 5) is 13.8. The van der Waals surface area contributed by atoms with Crippen molar-refractivity contribution in [1.82, 2.24) is 4.90 Å². The molecule has 0 radical (unpaired) electrons. The van der Waals surface area contributed by atoms with Crippen LogP contribution in [0.2, 0.25) is 0 Å². The van der Waals surface area contributed by atoms with E-state index in [0.717, 1.165) is 12.8 Å². The number of hydrogen-bond donors (Lipinski definition) is 2. The van der Waals surface area contributed by atoms with Crippen LogP contribution in [0.25, 0.3) is 0 Å². The van der Waals surface area contributed by atoms with Gasteiger partial charge in [-0.1, -0.05) is 0 Å². The maximum atomic E-state index is 12.1. The smallest absolute Gasteiger partial charge is 0.254 e. The van der Waals surface area contributed by atoms with Crippen molar-refractivity contribution in [2.45, 2.75) is 18.2 Å². The quantitative estimate of drug-likeness (QED) is 0.596. The number of carbonyl (C=O) groups excluding carboxylic acids is 1. The molecular formula is C12H14ClNO3. The third kappa shape index (κ3) is 2.64. The Morgan fingerprint density at radius 2 is 2.12 bits per heavy atom. The van der Waals surface area contributed by atoms with Crippen LogP contribution in [0.3, 0.4) is 0 Å². The Morgan fingerprint density at radius 3 is 2.76 bits per heavy atom. The summed E-state index contributed by atoms with van der Waals surface area (Å²) >= 11 is 6.02. The van der Waals surface area contributed by atoms with Gasteiger partial charge in [0, 0.05) is 18.7 Å². The van der Waals surface area contributed by atoms with Crippen molar-refractivity contribution < 1.29 is 15.0 Å². The van der Waals surface area contributed by atoms with Gasteiger partial charge in [-0.15, -0.1) is 11.6 Å². The van der Waals surface area contributed by atoms with Gasteiger partial charge < -0.3 is 15.1 Å². The number of alkyl halides is 1. The number of halogens is 1. The lowest BCUT2D eigenvalue weighted by atomic mass is 10.1. The van der Waals surface area contributed by atoms with Gasteiger partial charge in [-0.05, 0) is 31.0 Å². The van der Waals surface area contributed by atoms with Gasteiger partial charge in [0.2, 0.25) is 0 Å². The van der Waals surface area contributed by atoms with E-state index in [-0.39, 0.29) is 22.8 Å². The van der Waals surface area contributed by atoms with Gasteiger partial charge in [0.15, 0.2) is 11.5 Å². The number of aromatic hydroxyl groups is 2. The Morgan fingerprint density at radius 1 is 1.35 bits per heavy atom. The first-order valence-electron chi connectivity index (χ1n) is 5.53. The lowest BCUT2D eigenvalue weighted by Gasteiger charge is -2.29. The molecule has 0 bridgehead atoms. The van der Waals surface area contributed by atoms with Crippen LogP contribution in [0.1, 0.15) is 23.2 Å². The van der Waals surface area contributed by atoms with Gasteiger partial charge in [0.25, 0.3) is 5.91 Å². The summed E-state index contributed by atoms with van der Waals surface area (Å²) in [7, 11) is 0. The molecule has 2 N–H and O–H groups in total. The van der Waals surface area contributed by atoms with E-state index < -0.39 is 0 Å². The molecule has 2 rings (SSSR count). The standard InChI is InChI=1S/C12H14ClNO3/c13-9-2-1-5-14(7-9)12(17)8-3-4-10(15)11(16)6-8/h3-4,6,9,15-16H,1-2,5,7H2. The fourth-order valence-corrected chi connectivity index (χ4v) is 2.27. The van der Waals surface area contributed by atoms with Gasteiger partial charge in [0.1, 0.15) is 0 Å². The third-order valence-corrected chi connectivity index (χ3v) is 3.23. The molecule has 1 saturated heterocycles. The SMILES string of the molecule is O=C(c1ccc(O)c(O)c1)N1CCCC(Cl)C1. The van der Waals surface area contributed by atoms with Gasteiger partial charge in [0.05, 0.1) is 5.38 Å². The molecule has 0 aliphatic carbocycles.